The summed E-state index contributed by atoms with van der Waals surface area (Å²) in [5, 5.41) is 22.4. The molecule has 19 heteroatoms. The van der Waals surface area contributed by atoms with Crippen LogP contribution in [0.2, 0.25) is 0 Å². The largest absolute Gasteiger partial charge is 0.481 e. The number of hydrogen-bond donors (Lipinski definition) is 5. The third kappa shape index (κ3) is 25.2. The first-order valence-electron chi connectivity index (χ1n) is 22.3. The number of hydrogen-bond acceptors (Lipinski definition) is 12. The van der Waals surface area contributed by atoms with E-state index in [1.54, 1.807) is 6.07 Å². The van der Waals surface area contributed by atoms with Crippen molar-refractivity contribution >= 4 is 39.6 Å². The highest BCUT2D eigenvalue weighted by atomic mass is 32.2. The van der Waals surface area contributed by atoms with Crippen LogP contribution in [-0.4, -0.2) is 113 Å². The molecule has 2 amide bonds. The molecule has 3 rings (SSSR count). The van der Waals surface area contributed by atoms with Gasteiger partial charge in [0.15, 0.2) is 0 Å². The van der Waals surface area contributed by atoms with Crippen molar-refractivity contribution in [3.8, 4) is 11.5 Å². The van der Waals surface area contributed by atoms with Gasteiger partial charge in [-0.2, -0.15) is 0 Å². The zero-order chi connectivity index (χ0) is 47.0. The van der Waals surface area contributed by atoms with Gasteiger partial charge in [0, 0.05) is 25.7 Å². The maximum atomic E-state index is 14.6. The van der Waals surface area contributed by atoms with Gasteiger partial charge in [0.2, 0.25) is 5.91 Å². The van der Waals surface area contributed by atoms with E-state index in [0.29, 0.717) is 23.5 Å². The van der Waals surface area contributed by atoms with Crippen molar-refractivity contribution in [3.05, 3.63) is 77.7 Å². The second-order valence-corrected chi connectivity index (χ2v) is 16.9. The van der Waals surface area contributed by atoms with E-state index in [2.05, 4.69) is 20.3 Å². The lowest BCUT2D eigenvalue weighted by Gasteiger charge is -2.11. The molecule has 1 aromatic heterocycles. The number of sulfonamides is 1. The number of carbonyl (C=O) groups excluding carboxylic acids is 2. The van der Waals surface area contributed by atoms with Gasteiger partial charge in [0.25, 0.3) is 15.9 Å². The molecule has 5 N–H and O–H groups in total. The Morgan fingerprint density at radius 1 is 0.600 bits per heavy atom. The summed E-state index contributed by atoms with van der Waals surface area (Å²) in [6.45, 7) is 0.976. The SMILES string of the molecule is O=C(O)CCCCCCCCCCCCCCCc1cc(Oc2ccc(S(=O)(=O)Nc3ccc(C(=O)NCCOCCOCC(=O)NCCOCCOCC(=O)O)cn3)cc2)ccc1F. The van der Waals surface area contributed by atoms with Crippen LogP contribution in [0, 0.1) is 5.82 Å². The van der Waals surface area contributed by atoms with Gasteiger partial charge in [0.05, 0.1) is 50.1 Å². The van der Waals surface area contributed by atoms with Crippen molar-refractivity contribution in [1.29, 1.82) is 0 Å². The lowest BCUT2D eigenvalue weighted by molar-refractivity contribution is -0.143. The summed E-state index contributed by atoms with van der Waals surface area (Å²) in [4.78, 5) is 49.3. The second kappa shape index (κ2) is 32.4. The summed E-state index contributed by atoms with van der Waals surface area (Å²) in [5.41, 5.74) is 0.776. The van der Waals surface area contributed by atoms with E-state index in [0.717, 1.165) is 44.9 Å². The number of nitrogens with one attached hydrogen (secondary N) is 3. The summed E-state index contributed by atoms with van der Waals surface area (Å²) in [6.07, 6.45) is 16.4. The molecule has 0 fully saturated rings. The number of anilines is 1. The number of carboxylic acids is 2. The number of pyridine rings is 1. The molecule has 0 bridgehead atoms. The molecule has 0 radical (unpaired) electrons. The lowest BCUT2D eigenvalue weighted by Crippen LogP contribution is -2.31. The van der Waals surface area contributed by atoms with Gasteiger partial charge in [-0.1, -0.05) is 70.6 Å². The monoisotopic (exact) mass is 932 g/mol. The van der Waals surface area contributed by atoms with Crippen LogP contribution in [0.3, 0.4) is 0 Å². The zero-order valence-electron chi connectivity index (χ0n) is 37.1. The third-order valence-corrected chi connectivity index (χ3v) is 11.2. The molecule has 0 aliphatic rings. The van der Waals surface area contributed by atoms with E-state index in [1.165, 1.54) is 93.3 Å². The van der Waals surface area contributed by atoms with Gasteiger partial charge in [-0.05, 0) is 79.4 Å². The topological polar surface area (TPSA) is 238 Å². The molecule has 360 valence electrons. The maximum Gasteiger partial charge on any atom is 0.329 e. The Morgan fingerprint density at radius 3 is 1.74 bits per heavy atom. The molecule has 65 heavy (non-hydrogen) atoms. The molecule has 0 saturated carbocycles. The summed E-state index contributed by atoms with van der Waals surface area (Å²) < 4.78 is 69.8. The number of carbonyl (C=O) groups is 4. The highest BCUT2D eigenvalue weighted by Crippen LogP contribution is 2.27. The van der Waals surface area contributed by atoms with Crippen molar-refractivity contribution in [2.24, 2.45) is 0 Å². The van der Waals surface area contributed by atoms with Crippen LogP contribution in [0.1, 0.15) is 106 Å². The van der Waals surface area contributed by atoms with E-state index >= 15 is 0 Å². The van der Waals surface area contributed by atoms with Crippen molar-refractivity contribution < 1.29 is 65.9 Å². The molecule has 0 atom stereocenters. The smallest absolute Gasteiger partial charge is 0.329 e. The minimum Gasteiger partial charge on any atom is -0.481 e. The highest BCUT2D eigenvalue weighted by Gasteiger charge is 2.16. The number of unbranched alkanes of at least 4 members (excludes halogenated alkanes) is 12. The van der Waals surface area contributed by atoms with Crippen LogP contribution in [0.5, 0.6) is 11.5 Å². The van der Waals surface area contributed by atoms with Gasteiger partial charge in [-0.25, -0.2) is 22.6 Å². The Morgan fingerprint density at radius 2 is 1.15 bits per heavy atom. The molecular weight excluding hydrogens is 868 g/mol. The van der Waals surface area contributed by atoms with Gasteiger partial charge < -0.3 is 44.5 Å². The fourth-order valence-electron chi connectivity index (χ4n) is 6.37. The predicted octanol–water partition coefficient (Wildman–Crippen LogP) is 6.90. The lowest BCUT2D eigenvalue weighted by atomic mass is 10.0. The Bertz CT molecular complexity index is 1960. The summed E-state index contributed by atoms with van der Waals surface area (Å²) in [6, 6.07) is 13.2. The number of ether oxygens (including phenoxy) is 5. The van der Waals surface area contributed by atoms with Gasteiger partial charge in [0.1, 0.15) is 36.3 Å². The fourth-order valence-corrected chi connectivity index (χ4v) is 7.38. The molecule has 3 aromatic rings. The Hall–Kier alpha value is -5.21. The van der Waals surface area contributed by atoms with Crippen LogP contribution in [0.25, 0.3) is 0 Å². The first-order chi connectivity index (χ1) is 31.4. The minimum absolute atomic E-state index is 0.0112. The van der Waals surface area contributed by atoms with E-state index in [-0.39, 0.29) is 93.8 Å². The summed E-state index contributed by atoms with van der Waals surface area (Å²) in [5.74, 6) is -2.00. The molecule has 0 saturated heterocycles. The standard InChI is InChI=1S/C46H65FN4O13S/c47-41-22-19-39(32-36(41)14-12-10-8-6-4-2-1-3-5-7-9-11-13-15-44(53)54)64-38-17-20-40(21-18-38)65(58,59)51-42-23-16-37(33-50-42)46(57)49-25-27-61-28-30-62-34-43(52)48-24-26-60-29-31-63-35-45(55)56/h16-23,32-33H,1-15,24-31,34-35H2,(H,48,52)(H,49,57)(H,50,51)(H,53,54)(H,55,56). The first-order valence-corrected chi connectivity index (χ1v) is 23.8. The predicted molar refractivity (Wildman–Crippen MR) is 240 cm³/mol. The second-order valence-electron chi connectivity index (χ2n) is 15.2. The average molecular weight is 933 g/mol. The van der Waals surface area contributed by atoms with Crippen LogP contribution in [-0.2, 0) is 49.8 Å². The van der Waals surface area contributed by atoms with Crippen LogP contribution in [0.4, 0.5) is 10.2 Å². The zero-order valence-corrected chi connectivity index (χ0v) is 37.9. The van der Waals surface area contributed by atoms with Crippen molar-refractivity contribution in [2.75, 3.05) is 70.7 Å². The normalized spacial score (nSPS) is 11.3. The maximum absolute atomic E-state index is 14.6. The number of aryl methyl sites for hydroxylation is 1. The van der Waals surface area contributed by atoms with Gasteiger partial charge in [-0.3, -0.25) is 19.1 Å². The summed E-state index contributed by atoms with van der Waals surface area (Å²) in [7, 11) is -4.03. The van der Waals surface area contributed by atoms with Crippen LogP contribution >= 0.6 is 0 Å². The number of rotatable bonds is 38. The minimum atomic E-state index is -4.03. The molecule has 1 heterocycles. The molecular formula is C46H65FN4O13S. The van der Waals surface area contributed by atoms with E-state index in [1.807, 2.05) is 0 Å². The van der Waals surface area contributed by atoms with Crippen LogP contribution < -0.4 is 20.1 Å². The number of aromatic nitrogens is 1. The van der Waals surface area contributed by atoms with Crippen molar-refractivity contribution in [1.82, 2.24) is 15.6 Å². The number of benzene rings is 2. The number of amides is 2. The number of nitrogens with zero attached hydrogens (tertiary/aromatic N) is 1. The number of aliphatic carboxylic acids is 2. The third-order valence-electron chi connectivity index (χ3n) is 9.79. The Labute approximate surface area is 381 Å². The Balaban J connectivity index is 1.25. The van der Waals surface area contributed by atoms with Crippen molar-refractivity contribution in [3.63, 3.8) is 0 Å². The van der Waals surface area contributed by atoms with E-state index in [4.69, 9.17) is 33.9 Å². The van der Waals surface area contributed by atoms with Crippen molar-refractivity contribution in [2.45, 2.75) is 101 Å². The van der Waals surface area contributed by atoms with E-state index < -0.39 is 34.5 Å². The Kier molecular flexibility index (Phi) is 27.0. The molecule has 0 aliphatic heterocycles. The fraction of sp³-hybridized carbons (Fsp3) is 0.543. The first kappa shape index (κ1) is 54.1. The number of carboxylic acid groups (broad SMARTS) is 2. The van der Waals surface area contributed by atoms with Crippen LogP contribution in [0.15, 0.2) is 65.7 Å². The molecule has 0 unspecified atom stereocenters. The van der Waals surface area contributed by atoms with E-state index in [9.17, 15) is 32.0 Å². The quantitative estimate of drug-likeness (QED) is 0.0368. The summed E-state index contributed by atoms with van der Waals surface area (Å²) >= 11 is 0. The van der Waals surface area contributed by atoms with Gasteiger partial charge in [-0.15, -0.1) is 0 Å². The molecule has 2 aromatic carbocycles. The average Bonchev–Trinajstić information content (AvgIpc) is 3.27. The molecule has 0 aliphatic carbocycles. The number of halogens is 1. The molecule has 17 nitrogen and oxygen atoms in total. The van der Waals surface area contributed by atoms with Gasteiger partial charge >= 0.3 is 11.9 Å². The highest BCUT2D eigenvalue weighted by molar-refractivity contribution is 7.92. The molecule has 0 spiro atoms.